The Morgan fingerprint density at radius 2 is 1.67 bits per heavy atom. The Balaban J connectivity index is 2.88. The number of rotatable bonds is 3. The number of aromatic amines is 1. The molecule has 0 aliphatic heterocycles. The average Bonchev–Trinajstić information content (AvgIpc) is 2.70. The summed E-state index contributed by atoms with van der Waals surface area (Å²) in [5.74, 6) is -0.674. The molecular formula is C7H3N5O6. The zero-order chi connectivity index (χ0) is 13.4. The summed E-state index contributed by atoms with van der Waals surface area (Å²) in [4.78, 5) is 29.3. The molecule has 0 saturated carbocycles. The highest BCUT2D eigenvalue weighted by molar-refractivity contribution is 5.96. The van der Waals surface area contributed by atoms with Gasteiger partial charge >= 0.3 is 5.82 Å². The normalized spacial score (nSPS) is 10.4. The van der Waals surface area contributed by atoms with Gasteiger partial charge in [-0.05, 0) is 4.92 Å². The van der Waals surface area contributed by atoms with Gasteiger partial charge in [0.15, 0.2) is 5.39 Å². The van der Waals surface area contributed by atoms with Crippen LogP contribution < -0.4 is 0 Å². The molecule has 0 amide bonds. The molecule has 0 aliphatic rings. The molecule has 11 nitrogen and oxygen atoms in total. The van der Waals surface area contributed by atoms with Gasteiger partial charge in [-0.25, -0.2) is 0 Å². The zero-order valence-electron chi connectivity index (χ0n) is 8.39. The summed E-state index contributed by atoms with van der Waals surface area (Å²) in [6, 6.07) is 1.58. The summed E-state index contributed by atoms with van der Waals surface area (Å²) in [7, 11) is 0. The van der Waals surface area contributed by atoms with Gasteiger partial charge in [-0.2, -0.15) is 0 Å². The van der Waals surface area contributed by atoms with Crippen LogP contribution in [0.5, 0.6) is 0 Å². The largest absolute Gasteiger partial charge is 0.358 e. The van der Waals surface area contributed by atoms with Crippen molar-refractivity contribution in [1.29, 1.82) is 0 Å². The van der Waals surface area contributed by atoms with E-state index in [1.807, 2.05) is 5.10 Å². The molecule has 1 N–H and O–H groups in total. The number of nitrogens with one attached hydrogen (secondary N) is 1. The van der Waals surface area contributed by atoms with E-state index < -0.39 is 32.0 Å². The van der Waals surface area contributed by atoms with E-state index in [9.17, 15) is 30.3 Å². The van der Waals surface area contributed by atoms with Crippen LogP contribution >= 0.6 is 0 Å². The number of benzene rings is 1. The van der Waals surface area contributed by atoms with Crippen molar-refractivity contribution in [2.24, 2.45) is 0 Å². The van der Waals surface area contributed by atoms with Crippen molar-refractivity contribution in [3.8, 4) is 0 Å². The van der Waals surface area contributed by atoms with E-state index in [1.165, 1.54) is 0 Å². The topological polar surface area (TPSA) is 158 Å². The summed E-state index contributed by atoms with van der Waals surface area (Å²) >= 11 is 0. The predicted octanol–water partition coefficient (Wildman–Crippen LogP) is 1.29. The van der Waals surface area contributed by atoms with E-state index in [1.54, 1.807) is 0 Å². The first-order valence-corrected chi connectivity index (χ1v) is 4.37. The number of fused-ring (bicyclic) bond motifs is 1. The van der Waals surface area contributed by atoms with E-state index in [4.69, 9.17) is 0 Å². The third-order valence-corrected chi connectivity index (χ3v) is 2.19. The maximum atomic E-state index is 10.8. The van der Waals surface area contributed by atoms with Crippen molar-refractivity contribution in [3.63, 3.8) is 0 Å². The van der Waals surface area contributed by atoms with Gasteiger partial charge in [0.25, 0.3) is 11.4 Å². The quantitative estimate of drug-likeness (QED) is 0.636. The van der Waals surface area contributed by atoms with E-state index in [0.29, 0.717) is 6.07 Å². The molecular weight excluding hydrogens is 250 g/mol. The number of H-pyrrole nitrogens is 1. The monoisotopic (exact) mass is 253 g/mol. The van der Waals surface area contributed by atoms with Crippen LogP contribution in [-0.2, 0) is 0 Å². The molecule has 0 radical (unpaired) electrons. The first kappa shape index (κ1) is 11.4. The van der Waals surface area contributed by atoms with Gasteiger partial charge in [0, 0.05) is 6.07 Å². The molecule has 11 heteroatoms. The lowest BCUT2D eigenvalue weighted by atomic mass is 10.2. The van der Waals surface area contributed by atoms with Gasteiger partial charge in [-0.15, -0.1) is 5.10 Å². The highest BCUT2D eigenvalue weighted by Crippen LogP contribution is 2.35. The number of hydrogen-bond donors (Lipinski definition) is 1. The molecule has 18 heavy (non-hydrogen) atoms. The molecule has 0 unspecified atom stereocenters. The Morgan fingerprint density at radius 3 is 2.17 bits per heavy atom. The van der Waals surface area contributed by atoms with Crippen LogP contribution in [0.3, 0.4) is 0 Å². The molecule has 0 saturated heterocycles. The number of aromatic nitrogens is 2. The fourth-order valence-electron chi connectivity index (χ4n) is 1.48. The van der Waals surface area contributed by atoms with Gasteiger partial charge in [-0.3, -0.25) is 20.2 Å². The Hall–Kier alpha value is -3.11. The Kier molecular flexibility index (Phi) is 2.35. The highest BCUT2D eigenvalue weighted by Gasteiger charge is 2.28. The third kappa shape index (κ3) is 1.59. The van der Waals surface area contributed by atoms with Crippen LogP contribution in [0.4, 0.5) is 17.2 Å². The second-order valence-corrected chi connectivity index (χ2v) is 3.20. The summed E-state index contributed by atoms with van der Waals surface area (Å²) in [5.41, 5.74) is -1.50. The average molecular weight is 253 g/mol. The maximum absolute atomic E-state index is 10.8. The Morgan fingerprint density at radius 1 is 1.00 bits per heavy atom. The van der Waals surface area contributed by atoms with Gasteiger partial charge in [0.05, 0.1) is 15.9 Å². The lowest BCUT2D eigenvalue weighted by Gasteiger charge is -1.95. The van der Waals surface area contributed by atoms with Crippen LogP contribution in [0.15, 0.2) is 12.1 Å². The molecule has 0 spiro atoms. The van der Waals surface area contributed by atoms with Crippen molar-refractivity contribution in [1.82, 2.24) is 10.2 Å². The molecule has 2 rings (SSSR count). The van der Waals surface area contributed by atoms with Gasteiger partial charge in [-0.1, -0.05) is 5.10 Å². The molecule has 1 aromatic carbocycles. The molecule has 0 bridgehead atoms. The van der Waals surface area contributed by atoms with Crippen LogP contribution in [-0.4, -0.2) is 25.0 Å². The highest BCUT2D eigenvalue weighted by atomic mass is 16.6. The van der Waals surface area contributed by atoms with Crippen LogP contribution in [0, 0.1) is 30.3 Å². The Bertz CT molecular complexity index is 691. The zero-order valence-corrected chi connectivity index (χ0v) is 8.39. The molecule has 2 aromatic rings. The summed E-state index contributed by atoms with van der Waals surface area (Å²) < 4.78 is 0. The van der Waals surface area contributed by atoms with E-state index >= 15 is 0 Å². The molecule has 0 fully saturated rings. The SMILES string of the molecule is O=[N+]([O-])c1cc([N+](=O)[O-])c2c([N+](=O)[O-])[nH]nc2c1. The van der Waals surface area contributed by atoms with Crippen molar-refractivity contribution >= 4 is 28.1 Å². The Labute approximate surface area is 96.5 Å². The minimum Gasteiger partial charge on any atom is -0.358 e. The maximum Gasteiger partial charge on any atom is 0.357 e. The molecule has 1 aromatic heterocycles. The number of hydrogen-bond acceptors (Lipinski definition) is 7. The summed E-state index contributed by atoms with van der Waals surface area (Å²) in [6.45, 7) is 0. The first-order chi connectivity index (χ1) is 8.41. The van der Waals surface area contributed by atoms with Crippen LogP contribution in [0.1, 0.15) is 0 Å². The molecule has 92 valence electrons. The minimum absolute atomic E-state index is 0.206. The van der Waals surface area contributed by atoms with Crippen LogP contribution in [0.25, 0.3) is 10.9 Å². The lowest BCUT2D eigenvalue weighted by Crippen LogP contribution is -1.95. The van der Waals surface area contributed by atoms with Gasteiger partial charge < -0.3 is 10.1 Å². The predicted molar refractivity (Wildman–Crippen MR) is 56.1 cm³/mol. The second-order valence-electron chi connectivity index (χ2n) is 3.20. The third-order valence-electron chi connectivity index (χ3n) is 2.19. The number of nitrogens with zero attached hydrogens (tertiary/aromatic N) is 4. The van der Waals surface area contributed by atoms with Crippen molar-refractivity contribution in [3.05, 3.63) is 42.5 Å². The van der Waals surface area contributed by atoms with Crippen molar-refractivity contribution in [2.45, 2.75) is 0 Å². The first-order valence-electron chi connectivity index (χ1n) is 4.37. The fourth-order valence-corrected chi connectivity index (χ4v) is 1.48. The molecule has 0 atom stereocenters. The minimum atomic E-state index is -0.933. The smallest absolute Gasteiger partial charge is 0.357 e. The second kappa shape index (κ2) is 3.73. The van der Waals surface area contributed by atoms with Crippen molar-refractivity contribution in [2.75, 3.05) is 0 Å². The van der Waals surface area contributed by atoms with Crippen LogP contribution in [0.2, 0.25) is 0 Å². The number of non-ortho nitro benzene ring substituents is 2. The standard InChI is InChI=1S/C7H3N5O6/c13-10(14)3-1-4-6(5(2-3)11(15)16)7(9-8-4)12(17)18/h1-2H,(H,8,9). The summed E-state index contributed by atoms with van der Waals surface area (Å²) in [5, 5.41) is 37.1. The van der Waals surface area contributed by atoms with Crippen molar-refractivity contribution < 1.29 is 14.8 Å². The summed E-state index contributed by atoms with van der Waals surface area (Å²) in [6.07, 6.45) is 0. The van der Waals surface area contributed by atoms with Gasteiger partial charge in [0.2, 0.25) is 0 Å². The molecule has 1 heterocycles. The number of nitro groups is 3. The van der Waals surface area contributed by atoms with E-state index in [-0.39, 0.29) is 10.9 Å². The van der Waals surface area contributed by atoms with E-state index in [0.717, 1.165) is 6.07 Å². The van der Waals surface area contributed by atoms with E-state index in [2.05, 4.69) is 5.10 Å². The van der Waals surface area contributed by atoms with Gasteiger partial charge in [0.1, 0.15) is 5.52 Å². The lowest BCUT2D eigenvalue weighted by molar-refractivity contribution is -0.396. The molecule has 0 aliphatic carbocycles. The fraction of sp³-hybridized carbons (Fsp3) is 0. The number of nitro benzene ring substituents is 2.